The molecule has 1 aliphatic rings. The van der Waals surface area contributed by atoms with E-state index in [1.165, 1.54) is 0 Å². The molecule has 0 bridgehead atoms. The van der Waals surface area contributed by atoms with Crippen LogP contribution in [0, 0.1) is 0 Å². The fourth-order valence-electron chi connectivity index (χ4n) is 2.32. The third kappa shape index (κ3) is 10.1. The normalized spacial score (nSPS) is 20.6. The maximum Gasteiger partial charge on any atom is 0.466 e. The van der Waals surface area contributed by atoms with Crippen LogP contribution < -0.4 is 11.1 Å². The number of nitrogen functional groups attached to an aromatic ring is 1. The molecule has 0 radical (unpaired) electrons. The first-order chi connectivity index (χ1) is 10.6. The molecule has 8 nitrogen and oxygen atoms in total. The fourth-order valence-corrected chi connectivity index (χ4v) is 3.63. The minimum Gasteiger partial charge on any atom is -0.412 e. The summed E-state index contributed by atoms with van der Waals surface area (Å²) >= 11 is 6.93. The monoisotopic (exact) mass is 492 g/mol. The summed E-state index contributed by atoms with van der Waals surface area (Å²) in [5.74, 6) is 0. The molecule has 0 spiro atoms. The van der Waals surface area contributed by atoms with Gasteiger partial charge >= 0.3 is 7.82 Å². The van der Waals surface area contributed by atoms with Gasteiger partial charge in [0.1, 0.15) is 0 Å². The van der Waals surface area contributed by atoms with Gasteiger partial charge in [0, 0.05) is 21.5 Å². The highest BCUT2D eigenvalue weighted by Crippen LogP contribution is 2.28. The summed E-state index contributed by atoms with van der Waals surface area (Å²) in [4.78, 5) is 21.6. The minimum atomic E-state index is -4.64. The molecule has 140 valence electrons. The van der Waals surface area contributed by atoms with Gasteiger partial charge in [0.05, 0.1) is 11.8 Å². The van der Waals surface area contributed by atoms with Crippen molar-refractivity contribution < 1.29 is 29.8 Å². The summed E-state index contributed by atoms with van der Waals surface area (Å²) in [7, 11) is -4.64. The number of rotatable bonds is 3. The van der Waals surface area contributed by atoms with Gasteiger partial charge in [-0.05, 0) is 59.3 Å². The van der Waals surface area contributed by atoms with Crippen LogP contribution in [-0.4, -0.2) is 37.4 Å². The molecular formula is C13H23Br2N2O6P. The van der Waals surface area contributed by atoms with Gasteiger partial charge in [-0.3, -0.25) is 0 Å². The Bertz CT molecular complexity index is 555. The van der Waals surface area contributed by atoms with Crippen LogP contribution in [0.5, 0.6) is 0 Å². The number of hydrogen-bond donors (Lipinski definition) is 6. The van der Waals surface area contributed by atoms with E-state index in [4.69, 9.17) is 25.0 Å². The molecule has 0 aliphatic heterocycles. The van der Waals surface area contributed by atoms with Crippen molar-refractivity contribution in [1.82, 2.24) is 5.32 Å². The highest BCUT2D eigenvalue weighted by Gasteiger charge is 2.19. The van der Waals surface area contributed by atoms with Crippen LogP contribution in [0.3, 0.4) is 0 Å². The van der Waals surface area contributed by atoms with Crippen molar-refractivity contribution in [3.05, 3.63) is 26.6 Å². The number of aliphatic hydroxyl groups is 1. The van der Waals surface area contributed by atoms with Crippen molar-refractivity contribution in [2.75, 3.05) is 5.73 Å². The van der Waals surface area contributed by atoms with E-state index >= 15 is 0 Å². The molecule has 0 heterocycles. The third-order valence-electron chi connectivity index (χ3n) is 3.46. The summed E-state index contributed by atoms with van der Waals surface area (Å²) in [6, 6.07) is 4.49. The molecule has 1 aliphatic carbocycles. The number of phosphoric acid groups is 1. The first-order valence-corrected chi connectivity index (χ1v) is 10.1. The zero-order valence-electron chi connectivity index (χ0n) is 12.8. The maximum atomic E-state index is 9.47. The van der Waals surface area contributed by atoms with Gasteiger partial charge in [-0.2, -0.15) is 0 Å². The Balaban J connectivity index is 0.000000777. The molecule has 9 N–H and O–H groups in total. The van der Waals surface area contributed by atoms with Crippen LogP contribution >= 0.6 is 39.7 Å². The van der Waals surface area contributed by atoms with E-state index in [0.29, 0.717) is 6.04 Å². The van der Waals surface area contributed by atoms with E-state index < -0.39 is 7.82 Å². The second-order valence-electron chi connectivity index (χ2n) is 5.36. The largest absolute Gasteiger partial charge is 0.466 e. The lowest BCUT2D eigenvalue weighted by Crippen LogP contribution is -2.34. The van der Waals surface area contributed by atoms with E-state index in [-0.39, 0.29) is 11.6 Å². The SMILES string of the molecule is Nc1c(Br)cc(Br)cc1CNC1CCC(O)CC1.O.O=P(O)(O)O. The van der Waals surface area contributed by atoms with Gasteiger partial charge < -0.3 is 36.3 Å². The Kier molecular flexibility index (Phi) is 10.8. The van der Waals surface area contributed by atoms with Crippen molar-refractivity contribution in [3.63, 3.8) is 0 Å². The number of benzene rings is 1. The highest BCUT2D eigenvalue weighted by molar-refractivity contribution is 9.11. The molecule has 0 amide bonds. The van der Waals surface area contributed by atoms with Crippen LogP contribution in [0.1, 0.15) is 31.2 Å². The van der Waals surface area contributed by atoms with Crippen LogP contribution in [0.2, 0.25) is 0 Å². The van der Waals surface area contributed by atoms with E-state index in [2.05, 4.69) is 37.2 Å². The molecule has 24 heavy (non-hydrogen) atoms. The summed E-state index contributed by atoms with van der Waals surface area (Å²) in [5.41, 5.74) is 7.93. The zero-order valence-corrected chi connectivity index (χ0v) is 16.9. The van der Waals surface area contributed by atoms with Crippen molar-refractivity contribution >= 4 is 45.4 Å². The topological polar surface area (TPSA) is 168 Å². The molecule has 0 saturated heterocycles. The molecule has 0 aromatic heterocycles. The summed E-state index contributed by atoms with van der Waals surface area (Å²) < 4.78 is 10.8. The summed E-state index contributed by atoms with van der Waals surface area (Å²) in [6.45, 7) is 0.768. The number of hydrogen-bond acceptors (Lipinski definition) is 4. The molecule has 1 saturated carbocycles. The molecule has 0 atom stereocenters. The van der Waals surface area contributed by atoms with Crippen molar-refractivity contribution in [2.24, 2.45) is 0 Å². The molecule has 1 aromatic rings. The maximum absolute atomic E-state index is 9.47. The lowest BCUT2D eigenvalue weighted by Gasteiger charge is -2.26. The number of nitrogens with one attached hydrogen (secondary N) is 1. The smallest absolute Gasteiger partial charge is 0.412 e. The van der Waals surface area contributed by atoms with Crippen LogP contribution in [0.4, 0.5) is 5.69 Å². The van der Waals surface area contributed by atoms with Gasteiger partial charge in [-0.15, -0.1) is 0 Å². The molecule has 1 aromatic carbocycles. The van der Waals surface area contributed by atoms with Crippen molar-refractivity contribution in [3.8, 4) is 0 Å². The summed E-state index contributed by atoms with van der Waals surface area (Å²) in [5, 5.41) is 13.0. The van der Waals surface area contributed by atoms with Gasteiger partial charge in [-0.1, -0.05) is 15.9 Å². The highest BCUT2D eigenvalue weighted by atomic mass is 79.9. The van der Waals surface area contributed by atoms with E-state index in [1.54, 1.807) is 0 Å². The number of aliphatic hydroxyl groups excluding tert-OH is 1. The van der Waals surface area contributed by atoms with Gasteiger partial charge in [0.25, 0.3) is 0 Å². The molecule has 0 unspecified atom stereocenters. The molecule has 1 fully saturated rings. The Labute approximate surface area is 157 Å². The number of halogens is 2. The van der Waals surface area contributed by atoms with Crippen LogP contribution in [0.25, 0.3) is 0 Å². The standard InChI is InChI=1S/C13H18Br2N2O.H3O4P.H2O/c14-9-5-8(13(16)12(15)6-9)7-17-10-1-3-11(18)4-2-10;1-5(2,3)4;/h5-6,10-11,17-18H,1-4,7,16H2;(H3,1,2,3,4);1H2. The second-order valence-corrected chi connectivity index (χ2v) is 8.16. The van der Waals surface area contributed by atoms with Crippen LogP contribution in [0.15, 0.2) is 21.1 Å². The number of nitrogens with two attached hydrogens (primary N) is 1. The lowest BCUT2D eigenvalue weighted by molar-refractivity contribution is 0.116. The predicted octanol–water partition coefficient (Wildman–Crippen LogP) is 1.43. The quantitative estimate of drug-likeness (QED) is 0.273. The van der Waals surface area contributed by atoms with Crippen LogP contribution in [-0.2, 0) is 11.1 Å². The molecule has 11 heteroatoms. The van der Waals surface area contributed by atoms with E-state index in [0.717, 1.165) is 52.4 Å². The number of anilines is 1. The third-order valence-corrected chi connectivity index (χ3v) is 4.57. The fraction of sp³-hybridized carbons (Fsp3) is 0.538. The zero-order chi connectivity index (χ0) is 17.6. The average Bonchev–Trinajstić information content (AvgIpc) is 2.41. The predicted molar refractivity (Wildman–Crippen MR) is 99.2 cm³/mol. The Morgan fingerprint density at radius 2 is 1.67 bits per heavy atom. The lowest BCUT2D eigenvalue weighted by atomic mass is 9.93. The summed E-state index contributed by atoms with van der Waals surface area (Å²) in [6.07, 6.45) is 3.77. The Morgan fingerprint density at radius 1 is 1.17 bits per heavy atom. The van der Waals surface area contributed by atoms with Gasteiger partial charge in [-0.25, -0.2) is 4.57 Å². The minimum absolute atomic E-state index is 0. The Morgan fingerprint density at radius 3 is 2.17 bits per heavy atom. The van der Waals surface area contributed by atoms with Gasteiger partial charge in [0.15, 0.2) is 0 Å². The first kappa shape index (κ1) is 24.0. The molecular weight excluding hydrogens is 471 g/mol. The average molecular weight is 494 g/mol. The Hall–Kier alpha value is -0.0300. The van der Waals surface area contributed by atoms with Crippen molar-refractivity contribution in [1.29, 1.82) is 0 Å². The van der Waals surface area contributed by atoms with Gasteiger partial charge in [0.2, 0.25) is 0 Å². The molecule has 2 rings (SSSR count). The first-order valence-electron chi connectivity index (χ1n) is 6.99. The van der Waals surface area contributed by atoms with E-state index in [1.807, 2.05) is 12.1 Å². The van der Waals surface area contributed by atoms with E-state index in [9.17, 15) is 5.11 Å². The second kappa shape index (κ2) is 10.8. The van der Waals surface area contributed by atoms with Crippen molar-refractivity contribution in [2.45, 2.75) is 44.4 Å².